The van der Waals surface area contributed by atoms with Crippen LogP contribution in [-0.2, 0) is 6.42 Å². The number of aromatic nitrogens is 1. The summed E-state index contributed by atoms with van der Waals surface area (Å²) in [6.07, 6.45) is 2.98. The second-order valence-corrected chi connectivity index (χ2v) is 4.56. The zero-order chi connectivity index (χ0) is 15.2. The summed E-state index contributed by atoms with van der Waals surface area (Å²) in [7, 11) is 0. The number of carbonyl (C=O) groups is 1. The number of urea groups is 1. The highest BCUT2D eigenvalue weighted by Crippen LogP contribution is 2.11. The van der Waals surface area contributed by atoms with Crippen LogP contribution in [0, 0.1) is 18.6 Å². The average Bonchev–Trinajstić information content (AvgIpc) is 2.44. The largest absolute Gasteiger partial charge is 0.338 e. The van der Waals surface area contributed by atoms with Crippen LogP contribution in [-0.4, -0.2) is 17.6 Å². The van der Waals surface area contributed by atoms with Crippen molar-refractivity contribution in [2.75, 3.05) is 11.9 Å². The van der Waals surface area contributed by atoms with Crippen molar-refractivity contribution in [3.05, 3.63) is 59.4 Å². The maximum absolute atomic E-state index is 13.3. The molecule has 0 saturated heterocycles. The van der Waals surface area contributed by atoms with Crippen molar-refractivity contribution >= 4 is 11.7 Å². The highest BCUT2D eigenvalue weighted by molar-refractivity contribution is 5.89. The Bertz CT molecular complexity index is 647. The Balaban J connectivity index is 1.83. The van der Waals surface area contributed by atoms with Crippen molar-refractivity contribution in [1.29, 1.82) is 0 Å². The summed E-state index contributed by atoms with van der Waals surface area (Å²) in [4.78, 5) is 15.2. The SMILES string of the molecule is Cc1cc(F)ccc1CCNC(=O)Nc1ccncc1F. The summed E-state index contributed by atoms with van der Waals surface area (Å²) in [5, 5.41) is 5.01. The fourth-order valence-corrected chi connectivity index (χ4v) is 1.89. The first-order chi connectivity index (χ1) is 10.1. The maximum atomic E-state index is 13.3. The summed E-state index contributed by atoms with van der Waals surface area (Å²) in [6.45, 7) is 2.18. The van der Waals surface area contributed by atoms with E-state index in [4.69, 9.17) is 0 Å². The number of halogens is 2. The molecule has 0 saturated carbocycles. The smallest absolute Gasteiger partial charge is 0.319 e. The zero-order valence-corrected chi connectivity index (χ0v) is 11.5. The Labute approximate surface area is 121 Å². The predicted octanol–water partition coefficient (Wildman–Crippen LogP) is 3.03. The summed E-state index contributed by atoms with van der Waals surface area (Å²) >= 11 is 0. The number of anilines is 1. The van der Waals surface area contributed by atoms with E-state index in [1.165, 1.54) is 24.4 Å². The van der Waals surface area contributed by atoms with Crippen molar-refractivity contribution in [2.45, 2.75) is 13.3 Å². The quantitative estimate of drug-likeness (QED) is 0.909. The van der Waals surface area contributed by atoms with Gasteiger partial charge in [0.15, 0.2) is 5.82 Å². The van der Waals surface area contributed by atoms with Crippen LogP contribution < -0.4 is 10.6 Å². The Morgan fingerprint density at radius 2 is 2.10 bits per heavy atom. The molecule has 0 bridgehead atoms. The minimum absolute atomic E-state index is 0.0699. The van der Waals surface area contributed by atoms with E-state index >= 15 is 0 Å². The van der Waals surface area contributed by atoms with E-state index in [9.17, 15) is 13.6 Å². The van der Waals surface area contributed by atoms with Gasteiger partial charge in [-0.2, -0.15) is 0 Å². The van der Waals surface area contributed by atoms with E-state index in [-0.39, 0.29) is 11.5 Å². The molecule has 1 aromatic carbocycles. The summed E-state index contributed by atoms with van der Waals surface area (Å²) < 4.78 is 26.2. The number of hydrogen-bond donors (Lipinski definition) is 2. The number of rotatable bonds is 4. The molecule has 0 unspecified atom stereocenters. The van der Waals surface area contributed by atoms with E-state index in [1.54, 1.807) is 6.07 Å². The van der Waals surface area contributed by atoms with Gasteiger partial charge in [-0.3, -0.25) is 4.98 Å². The number of nitrogens with one attached hydrogen (secondary N) is 2. The normalized spacial score (nSPS) is 10.2. The van der Waals surface area contributed by atoms with Gasteiger partial charge in [-0.1, -0.05) is 6.07 Å². The van der Waals surface area contributed by atoms with E-state index < -0.39 is 11.8 Å². The highest BCUT2D eigenvalue weighted by Gasteiger charge is 2.06. The van der Waals surface area contributed by atoms with Gasteiger partial charge in [0.2, 0.25) is 0 Å². The minimum atomic E-state index is -0.595. The van der Waals surface area contributed by atoms with Crippen LogP contribution in [0.25, 0.3) is 0 Å². The molecule has 1 heterocycles. The van der Waals surface area contributed by atoms with Gasteiger partial charge in [-0.15, -0.1) is 0 Å². The van der Waals surface area contributed by atoms with Crippen molar-refractivity contribution in [1.82, 2.24) is 10.3 Å². The predicted molar refractivity (Wildman–Crippen MR) is 76.1 cm³/mol. The molecule has 0 atom stereocenters. The van der Waals surface area contributed by atoms with Crippen LogP contribution in [0.5, 0.6) is 0 Å². The average molecular weight is 291 g/mol. The third-order valence-electron chi connectivity index (χ3n) is 3.01. The lowest BCUT2D eigenvalue weighted by Crippen LogP contribution is -2.30. The first-order valence-corrected chi connectivity index (χ1v) is 6.45. The molecule has 0 fully saturated rings. The van der Waals surface area contributed by atoms with Gasteiger partial charge in [-0.25, -0.2) is 13.6 Å². The third-order valence-corrected chi connectivity index (χ3v) is 3.01. The van der Waals surface area contributed by atoms with Gasteiger partial charge in [0.1, 0.15) is 5.82 Å². The first kappa shape index (κ1) is 14.9. The molecular weight excluding hydrogens is 276 g/mol. The number of carbonyl (C=O) groups excluding carboxylic acids is 1. The molecule has 1 aromatic heterocycles. The molecule has 6 heteroatoms. The van der Waals surface area contributed by atoms with Gasteiger partial charge < -0.3 is 10.6 Å². The molecule has 0 aliphatic carbocycles. The lowest BCUT2D eigenvalue weighted by atomic mass is 10.1. The second-order valence-electron chi connectivity index (χ2n) is 4.56. The number of hydrogen-bond acceptors (Lipinski definition) is 2. The molecule has 0 spiro atoms. The van der Waals surface area contributed by atoms with Gasteiger partial charge in [-0.05, 0) is 42.7 Å². The van der Waals surface area contributed by atoms with Crippen LogP contribution in [0.4, 0.5) is 19.3 Å². The number of amides is 2. The number of pyridine rings is 1. The van der Waals surface area contributed by atoms with Gasteiger partial charge >= 0.3 is 6.03 Å². The lowest BCUT2D eigenvalue weighted by molar-refractivity contribution is 0.252. The molecule has 0 aliphatic heterocycles. The summed E-state index contributed by atoms with van der Waals surface area (Å²) in [6, 6.07) is 5.39. The molecule has 2 amide bonds. The van der Waals surface area contributed by atoms with Gasteiger partial charge in [0.05, 0.1) is 11.9 Å². The molecule has 4 nitrogen and oxygen atoms in total. The van der Waals surface area contributed by atoms with Crippen molar-refractivity contribution in [3.8, 4) is 0 Å². The van der Waals surface area contributed by atoms with E-state index in [0.717, 1.165) is 17.3 Å². The Morgan fingerprint density at radius 3 is 2.81 bits per heavy atom. The van der Waals surface area contributed by atoms with Crippen molar-refractivity contribution < 1.29 is 13.6 Å². The van der Waals surface area contributed by atoms with Crippen LogP contribution in [0.15, 0.2) is 36.7 Å². The molecular formula is C15H15F2N3O. The number of nitrogens with zero attached hydrogens (tertiary/aromatic N) is 1. The van der Waals surface area contributed by atoms with Crippen LogP contribution >= 0.6 is 0 Å². The van der Waals surface area contributed by atoms with E-state index in [0.29, 0.717) is 13.0 Å². The van der Waals surface area contributed by atoms with E-state index in [1.807, 2.05) is 6.92 Å². The molecule has 0 radical (unpaired) electrons. The molecule has 0 aliphatic rings. The zero-order valence-electron chi connectivity index (χ0n) is 11.5. The van der Waals surface area contributed by atoms with Gasteiger partial charge in [0.25, 0.3) is 0 Å². The topological polar surface area (TPSA) is 54.0 Å². The molecule has 2 aromatic rings. The lowest BCUT2D eigenvalue weighted by Gasteiger charge is -2.09. The fourth-order valence-electron chi connectivity index (χ4n) is 1.89. The van der Waals surface area contributed by atoms with Gasteiger partial charge in [0, 0.05) is 12.7 Å². The molecule has 2 N–H and O–H groups in total. The summed E-state index contributed by atoms with van der Waals surface area (Å²) in [5.41, 5.74) is 1.85. The third kappa shape index (κ3) is 4.24. The maximum Gasteiger partial charge on any atom is 0.319 e. The molecule has 2 rings (SSSR count). The van der Waals surface area contributed by atoms with Crippen LogP contribution in [0.2, 0.25) is 0 Å². The number of aryl methyl sites for hydroxylation is 1. The van der Waals surface area contributed by atoms with Crippen LogP contribution in [0.3, 0.4) is 0 Å². The molecule has 110 valence electrons. The first-order valence-electron chi connectivity index (χ1n) is 6.45. The Hall–Kier alpha value is -2.50. The standard InChI is InChI=1S/C15H15F2N3O/c1-10-8-12(16)3-2-11(10)4-7-19-15(21)20-14-5-6-18-9-13(14)17/h2-3,5-6,8-9H,4,7H2,1H3,(H2,18,19,20,21). The molecule has 21 heavy (non-hydrogen) atoms. The highest BCUT2D eigenvalue weighted by atomic mass is 19.1. The monoisotopic (exact) mass is 291 g/mol. The minimum Gasteiger partial charge on any atom is -0.338 e. The second kappa shape index (κ2) is 6.78. The van der Waals surface area contributed by atoms with Crippen molar-refractivity contribution in [3.63, 3.8) is 0 Å². The summed E-state index contributed by atoms with van der Waals surface area (Å²) in [5.74, 6) is -0.878. The fraction of sp³-hybridized carbons (Fsp3) is 0.200. The van der Waals surface area contributed by atoms with E-state index in [2.05, 4.69) is 15.6 Å². The van der Waals surface area contributed by atoms with Crippen LogP contribution in [0.1, 0.15) is 11.1 Å². The number of benzene rings is 1. The Morgan fingerprint density at radius 1 is 1.29 bits per heavy atom. The van der Waals surface area contributed by atoms with Crippen molar-refractivity contribution in [2.24, 2.45) is 0 Å². The Kier molecular flexibility index (Phi) is 4.81.